The Morgan fingerprint density at radius 2 is 0.708 bits per heavy atom. The molecule has 0 unspecified atom stereocenters. The summed E-state index contributed by atoms with van der Waals surface area (Å²) in [5.74, 6) is -1.07. The summed E-state index contributed by atoms with van der Waals surface area (Å²) in [7, 11) is -18.0. The molecular weight excluding hydrogens is 377 g/mol. The van der Waals surface area contributed by atoms with Crippen LogP contribution in [0.4, 0.5) is 60.6 Å². The van der Waals surface area contributed by atoms with E-state index in [1.807, 2.05) is 0 Å². The van der Waals surface area contributed by atoms with E-state index in [4.69, 9.17) is 0 Å². The second-order valence-electron chi connectivity index (χ2n) is 2.92. The summed E-state index contributed by atoms with van der Waals surface area (Å²) in [5.41, 5.74) is 0. The Bertz CT molecular complexity index is 356. The molecule has 18 heteroatoms. The van der Waals surface area contributed by atoms with Gasteiger partial charge in [-0.3, -0.25) is 0 Å². The van der Waals surface area contributed by atoms with Gasteiger partial charge in [0.05, 0.1) is 0 Å². The van der Waals surface area contributed by atoms with E-state index in [1.165, 1.54) is 18.2 Å². The standard InChI is InChI=1S/C6H4F2.3BF4.Li.H/c7-5-2-1-3-6(8)4-5;3*2-1(3,4)5;;/h1-4H;;;;;/q;3*-1;+1;-1. The molecule has 0 nitrogen and oxygen atoms in total. The zero-order valence-electron chi connectivity index (χ0n) is 12.3. The molecule has 0 radical (unpaired) electrons. The predicted molar refractivity (Wildman–Crippen MR) is 58.0 cm³/mol. The first-order valence-electron chi connectivity index (χ1n) is 4.82. The van der Waals surface area contributed by atoms with Crippen LogP contribution in [-0.4, -0.2) is 21.8 Å². The minimum Gasteiger partial charge on any atom is -1.00 e. The van der Waals surface area contributed by atoms with Crippen LogP contribution in [0, 0.1) is 11.6 Å². The topological polar surface area (TPSA) is 0 Å². The van der Waals surface area contributed by atoms with Gasteiger partial charge in [-0.2, -0.15) is 0 Å². The third-order valence-electron chi connectivity index (χ3n) is 0.787. The van der Waals surface area contributed by atoms with E-state index in [0.29, 0.717) is 0 Å². The monoisotopic (exact) mass is 383 g/mol. The SMILES string of the molecule is F[B-](F)(F)F.F[B-](F)(F)F.F[B-](F)(F)F.Fc1cccc(F)c1.[H-].[Li+]. The van der Waals surface area contributed by atoms with Crippen LogP contribution in [0.25, 0.3) is 0 Å². The van der Waals surface area contributed by atoms with Gasteiger partial charge in [-0.15, -0.1) is 0 Å². The molecule has 0 heterocycles. The molecule has 0 N–H and O–H groups in total. The minimum absolute atomic E-state index is 0. The van der Waals surface area contributed by atoms with Gasteiger partial charge in [-0.05, 0) is 12.1 Å². The van der Waals surface area contributed by atoms with E-state index in [0.717, 1.165) is 6.07 Å². The molecule has 0 saturated heterocycles. The molecule has 1 aromatic rings. The van der Waals surface area contributed by atoms with Crippen LogP contribution in [0.2, 0.25) is 0 Å². The maximum absolute atomic E-state index is 11.9. The van der Waals surface area contributed by atoms with Crippen LogP contribution in [0.3, 0.4) is 0 Å². The van der Waals surface area contributed by atoms with E-state index in [-0.39, 0.29) is 20.3 Å². The number of halogens is 14. The van der Waals surface area contributed by atoms with Crippen LogP contribution < -0.4 is 18.9 Å². The first-order valence-corrected chi connectivity index (χ1v) is 4.82. The zero-order valence-corrected chi connectivity index (χ0v) is 11.3. The third-order valence-corrected chi connectivity index (χ3v) is 0.787. The van der Waals surface area contributed by atoms with Gasteiger partial charge in [0.1, 0.15) is 11.6 Å². The summed E-state index contributed by atoms with van der Waals surface area (Å²) in [6, 6.07) is 4.55. The summed E-state index contributed by atoms with van der Waals surface area (Å²) in [6.45, 7) is 0. The van der Waals surface area contributed by atoms with Crippen molar-refractivity contribution in [2.45, 2.75) is 0 Å². The largest absolute Gasteiger partial charge is 1.00 e. The molecule has 0 aromatic heterocycles. The summed E-state index contributed by atoms with van der Waals surface area (Å²) < 4.78 is 141. The maximum atomic E-state index is 11.9. The third kappa shape index (κ3) is 103. The molecule has 140 valence electrons. The van der Waals surface area contributed by atoms with Crippen LogP contribution >= 0.6 is 0 Å². The smallest absolute Gasteiger partial charge is 1.00 e. The van der Waals surface area contributed by atoms with Gasteiger partial charge in [0, 0.05) is 6.07 Å². The normalized spacial score (nSPS) is 10.6. The first-order chi connectivity index (χ1) is 9.79. The molecule has 0 bridgehead atoms. The number of rotatable bonds is 0. The fourth-order valence-electron chi connectivity index (χ4n) is 0.460. The van der Waals surface area contributed by atoms with E-state index in [1.54, 1.807) is 0 Å². The Kier molecular flexibility index (Phi) is 17.2. The quantitative estimate of drug-likeness (QED) is 0.478. The summed E-state index contributed by atoms with van der Waals surface area (Å²) in [5, 5.41) is 0. The van der Waals surface area contributed by atoms with Crippen LogP contribution in [0.5, 0.6) is 0 Å². The van der Waals surface area contributed by atoms with Crippen molar-refractivity contribution in [2.24, 2.45) is 0 Å². The second-order valence-corrected chi connectivity index (χ2v) is 2.92. The number of hydrogen-bond donors (Lipinski definition) is 0. The molecule has 0 aliphatic carbocycles. The van der Waals surface area contributed by atoms with Crippen molar-refractivity contribution in [3.63, 3.8) is 0 Å². The van der Waals surface area contributed by atoms with Gasteiger partial charge < -0.3 is 53.2 Å². The molecule has 0 aliphatic heterocycles. The molecule has 0 spiro atoms. The average molecular weight is 382 g/mol. The van der Waals surface area contributed by atoms with Crippen molar-refractivity contribution in [2.75, 3.05) is 0 Å². The van der Waals surface area contributed by atoms with Crippen molar-refractivity contribution in [1.29, 1.82) is 0 Å². The minimum atomic E-state index is -6.00. The fourth-order valence-corrected chi connectivity index (χ4v) is 0.460. The molecule has 0 saturated carbocycles. The van der Waals surface area contributed by atoms with Crippen molar-refractivity contribution in [3.8, 4) is 0 Å². The van der Waals surface area contributed by atoms with Crippen molar-refractivity contribution in [3.05, 3.63) is 35.9 Å². The molecule has 24 heavy (non-hydrogen) atoms. The molecule has 0 fully saturated rings. The maximum Gasteiger partial charge on any atom is 1.00 e. The fraction of sp³-hybridized carbons (Fsp3) is 0. The predicted octanol–water partition coefficient (Wildman–Crippen LogP) is 2.98. The van der Waals surface area contributed by atoms with Crippen molar-refractivity contribution < 1.29 is 80.9 Å². The van der Waals surface area contributed by atoms with Gasteiger partial charge in [0.15, 0.2) is 0 Å². The van der Waals surface area contributed by atoms with Crippen molar-refractivity contribution in [1.82, 2.24) is 0 Å². The van der Waals surface area contributed by atoms with Gasteiger partial charge in [-0.25, -0.2) is 8.78 Å². The Labute approximate surface area is 139 Å². The molecule has 0 atom stereocenters. The second kappa shape index (κ2) is 13.3. The van der Waals surface area contributed by atoms with Crippen LogP contribution in [0.15, 0.2) is 24.3 Å². The summed E-state index contributed by atoms with van der Waals surface area (Å²) in [6.07, 6.45) is 0. The number of hydrogen-bond acceptors (Lipinski definition) is 0. The van der Waals surface area contributed by atoms with Gasteiger partial charge >= 0.3 is 40.6 Å². The number of benzene rings is 1. The van der Waals surface area contributed by atoms with E-state index >= 15 is 0 Å². The summed E-state index contributed by atoms with van der Waals surface area (Å²) >= 11 is 0. The van der Waals surface area contributed by atoms with E-state index in [2.05, 4.69) is 0 Å². The van der Waals surface area contributed by atoms with E-state index < -0.39 is 33.4 Å². The summed E-state index contributed by atoms with van der Waals surface area (Å²) in [4.78, 5) is 0. The molecular formula is C6H5B3F14Li-3. The molecule has 1 aromatic carbocycles. The van der Waals surface area contributed by atoms with Gasteiger partial charge in [-0.1, -0.05) is 6.07 Å². The zero-order chi connectivity index (χ0) is 19.5. The average Bonchev–Trinajstić information content (AvgIpc) is 2.07. The van der Waals surface area contributed by atoms with Crippen LogP contribution in [-0.2, 0) is 0 Å². The van der Waals surface area contributed by atoms with E-state index in [9.17, 15) is 60.6 Å². The first kappa shape index (κ1) is 30.9. The van der Waals surface area contributed by atoms with Gasteiger partial charge in [0.25, 0.3) is 0 Å². The Hall–Kier alpha value is -0.968. The van der Waals surface area contributed by atoms with Gasteiger partial charge in [0.2, 0.25) is 0 Å². The molecule has 0 aliphatic rings. The molecule has 0 amide bonds. The Morgan fingerprint density at radius 1 is 0.542 bits per heavy atom. The van der Waals surface area contributed by atoms with Crippen LogP contribution in [0.1, 0.15) is 1.43 Å². The van der Waals surface area contributed by atoms with Crippen molar-refractivity contribution >= 4 is 21.8 Å². The Balaban J connectivity index is -0.0000000714. The molecule has 1 rings (SSSR count). The Morgan fingerprint density at radius 3 is 0.792 bits per heavy atom.